The van der Waals surface area contributed by atoms with Gasteiger partial charge in [-0.15, -0.1) is 0 Å². The number of benzene rings is 2. The molecule has 7 heteroatoms. The Bertz CT molecular complexity index is 1050. The molecule has 2 N–H and O–H groups in total. The maximum Gasteiger partial charge on any atom is 0.356 e. The van der Waals surface area contributed by atoms with Crippen LogP contribution in [0, 0.1) is 0 Å². The predicted octanol–water partition coefficient (Wildman–Crippen LogP) is 3.62. The minimum Gasteiger partial charge on any atom is -0.493 e. The van der Waals surface area contributed by atoms with E-state index < -0.39 is 5.97 Å². The maximum absolute atomic E-state index is 12.4. The molecule has 7 nitrogen and oxygen atoms in total. The lowest BCUT2D eigenvalue weighted by Crippen LogP contribution is -2.12. The van der Waals surface area contributed by atoms with Crippen molar-refractivity contribution in [2.75, 3.05) is 26.6 Å². The molecular formula is C21H20N2O5. The van der Waals surface area contributed by atoms with Crippen LogP contribution in [0.3, 0.4) is 0 Å². The molecule has 1 heterocycles. The number of aromatic nitrogens is 1. The van der Waals surface area contributed by atoms with Crippen molar-refractivity contribution < 1.29 is 23.8 Å². The lowest BCUT2D eigenvalue weighted by molar-refractivity contribution is -0.111. The number of esters is 1. The summed E-state index contributed by atoms with van der Waals surface area (Å²) in [6, 6.07) is 12.6. The van der Waals surface area contributed by atoms with Crippen molar-refractivity contribution in [1.82, 2.24) is 4.98 Å². The van der Waals surface area contributed by atoms with E-state index in [4.69, 9.17) is 14.2 Å². The van der Waals surface area contributed by atoms with E-state index in [1.807, 2.05) is 24.3 Å². The van der Waals surface area contributed by atoms with Gasteiger partial charge >= 0.3 is 5.97 Å². The quantitative estimate of drug-likeness (QED) is 0.504. The molecule has 1 amide bonds. The van der Waals surface area contributed by atoms with E-state index in [9.17, 15) is 9.59 Å². The van der Waals surface area contributed by atoms with Gasteiger partial charge in [0.25, 0.3) is 0 Å². The van der Waals surface area contributed by atoms with Crippen LogP contribution in [0.1, 0.15) is 16.1 Å². The van der Waals surface area contributed by atoms with Crippen LogP contribution in [-0.4, -0.2) is 38.2 Å². The molecule has 0 aliphatic rings. The third kappa shape index (κ3) is 3.83. The van der Waals surface area contributed by atoms with Gasteiger partial charge in [-0.25, -0.2) is 4.79 Å². The van der Waals surface area contributed by atoms with Gasteiger partial charge in [0.15, 0.2) is 11.5 Å². The van der Waals surface area contributed by atoms with Crippen molar-refractivity contribution in [3.8, 4) is 11.5 Å². The second-order valence-electron chi connectivity index (χ2n) is 5.85. The Morgan fingerprint density at radius 1 is 1.00 bits per heavy atom. The van der Waals surface area contributed by atoms with Crippen LogP contribution in [0.25, 0.3) is 17.0 Å². The summed E-state index contributed by atoms with van der Waals surface area (Å²) < 4.78 is 15.3. The Hall–Kier alpha value is -3.74. The molecule has 0 aliphatic carbocycles. The van der Waals surface area contributed by atoms with Crippen LogP contribution in [0.5, 0.6) is 11.5 Å². The van der Waals surface area contributed by atoms with Gasteiger partial charge in [0.1, 0.15) is 5.69 Å². The Kier molecular flexibility index (Phi) is 5.64. The zero-order valence-corrected chi connectivity index (χ0v) is 15.7. The number of para-hydroxylation sites is 1. The van der Waals surface area contributed by atoms with Crippen LogP contribution >= 0.6 is 0 Å². The molecule has 0 spiro atoms. The number of nitrogens with one attached hydrogen (secondary N) is 2. The van der Waals surface area contributed by atoms with Gasteiger partial charge in [-0.2, -0.15) is 0 Å². The van der Waals surface area contributed by atoms with Crippen molar-refractivity contribution in [3.05, 3.63) is 59.8 Å². The molecule has 1 aromatic heterocycles. The zero-order valence-electron chi connectivity index (χ0n) is 15.7. The van der Waals surface area contributed by atoms with Crippen molar-refractivity contribution in [2.24, 2.45) is 0 Å². The van der Waals surface area contributed by atoms with Gasteiger partial charge < -0.3 is 24.5 Å². The SMILES string of the molecule is COC(=O)c1[nH]c2ccccc2c1NC(=O)C=Cc1ccc(OC)c(OC)c1. The van der Waals surface area contributed by atoms with E-state index in [2.05, 4.69) is 10.3 Å². The summed E-state index contributed by atoms with van der Waals surface area (Å²) in [6.07, 6.45) is 3.02. The zero-order chi connectivity index (χ0) is 20.1. The molecule has 0 aliphatic heterocycles. The number of ether oxygens (including phenoxy) is 3. The summed E-state index contributed by atoms with van der Waals surface area (Å²) in [7, 11) is 4.39. The van der Waals surface area contributed by atoms with Crippen molar-refractivity contribution >= 4 is 34.5 Å². The van der Waals surface area contributed by atoms with Crippen molar-refractivity contribution in [2.45, 2.75) is 0 Å². The number of hydrogen-bond donors (Lipinski definition) is 2. The molecule has 0 unspecified atom stereocenters. The fourth-order valence-electron chi connectivity index (χ4n) is 2.82. The summed E-state index contributed by atoms with van der Waals surface area (Å²) in [6.45, 7) is 0. The van der Waals surface area contributed by atoms with E-state index in [0.29, 0.717) is 17.2 Å². The monoisotopic (exact) mass is 380 g/mol. The van der Waals surface area contributed by atoms with E-state index in [-0.39, 0.29) is 11.6 Å². The molecule has 0 radical (unpaired) electrons. The summed E-state index contributed by atoms with van der Waals surface area (Å²) in [5.41, 5.74) is 2.06. The van der Waals surface area contributed by atoms with E-state index in [0.717, 1.165) is 16.5 Å². The first kappa shape index (κ1) is 19.0. The highest BCUT2D eigenvalue weighted by atomic mass is 16.5. The number of aromatic amines is 1. The number of carbonyl (C=O) groups is 2. The first-order valence-electron chi connectivity index (χ1n) is 8.47. The maximum atomic E-state index is 12.4. The molecule has 0 atom stereocenters. The topological polar surface area (TPSA) is 89.7 Å². The standard InChI is InChI=1S/C21H20N2O5/c1-26-16-10-8-13(12-17(16)27-2)9-11-18(24)23-19-14-6-4-5-7-15(14)22-20(19)21(25)28-3/h4-12,22H,1-3H3,(H,23,24). The fraction of sp³-hybridized carbons (Fsp3) is 0.143. The van der Waals surface area contributed by atoms with Crippen LogP contribution in [0.4, 0.5) is 5.69 Å². The summed E-state index contributed by atoms with van der Waals surface area (Å²) >= 11 is 0. The van der Waals surface area contributed by atoms with E-state index in [1.54, 1.807) is 38.5 Å². The number of anilines is 1. The molecule has 144 valence electrons. The summed E-state index contributed by atoms with van der Waals surface area (Å²) in [4.78, 5) is 27.5. The average Bonchev–Trinajstić information content (AvgIpc) is 3.09. The Labute approximate surface area is 161 Å². The lowest BCUT2D eigenvalue weighted by atomic mass is 10.2. The van der Waals surface area contributed by atoms with Crippen LogP contribution in [0.15, 0.2) is 48.5 Å². The number of methoxy groups -OCH3 is 3. The fourth-order valence-corrected chi connectivity index (χ4v) is 2.82. The second kappa shape index (κ2) is 8.30. The Morgan fingerprint density at radius 3 is 2.46 bits per heavy atom. The molecule has 0 fully saturated rings. The highest BCUT2D eigenvalue weighted by Gasteiger charge is 2.19. The first-order valence-corrected chi connectivity index (χ1v) is 8.47. The average molecular weight is 380 g/mol. The highest BCUT2D eigenvalue weighted by Crippen LogP contribution is 2.29. The van der Waals surface area contributed by atoms with Gasteiger partial charge in [-0.1, -0.05) is 24.3 Å². The molecule has 0 saturated heterocycles. The molecule has 2 aromatic carbocycles. The van der Waals surface area contributed by atoms with Gasteiger partial charge in [-0.05, 0) is 29.8 Å². The number of fused-ring (bicyclic) bond motifs is 1. The highest BCUT2D eigenvalue weighted by molar-refractivity contribution is 6.13. The molecule has 0 bridgehead atoms. The number of hydrogen-bond acceptors (Lipinski definition) is 5. The molecular weight excluding hydrogens is 360 g/mol. The molecule has 28 heavy (non-hydrogen) atoms. The van der Waals surface area contributed by atoms with Crippen molar-refractivity contribution in [1.29, 1.82) is 0 Å². The number of H-pyrrole nitrogens is 1. The van der Waals surface area contributed by atoms with Crippen LogP contribution in [0.2, 0.25) is 0 Å². The Balaban J connectivity index is 1.85. The minimum absolute atomic E-state index is 0.191. The van der Waals surface area contributed by atoms with Gasteiger partial charge in [0.05, 0.1) is 27.0 Å². The number of rotatable bonds is 6. The third-order valence-corrected chi connectivity index (χ3v) is 4.18. The third-order valence-electron chi connectivity index (χ3n) is 4.18. The molecule has 3 rings (SSSR count). The van der Waals surface area contributed by atoms with Gasteiger partial charge in [-0.3, -0.25) is 4.79 Å². The summed E-state index contributed by atoms with van der Waals surface area (Å²) in [5, 5.41) is 3.47. The normalized spacial score (nSPS) is 10.8. The smallest absolute Gasteiger partial charge is 0.356 e. The molecule has 3 aromatic rings. The predicted molar refractivity (Wildman–Crippen MR) is 107 cm³/mol. The summed E-state index contributed by atoms with van der Waals surface area (Å²) in [5.74, 6) is 0.223. The Morgan fingerprint density at radius 2 is 1.75 bits per heavy atom. The second-order valence-corrected chi connectivity index (χ2v) is 5.85. The lowest BCUT2D eigenvalue weighted by Gasteiger charge is -2.07. The van der Waals surface area contributed by atoms with E-state index in [1.165, 1.54) is 13.2 Å². The minimum atomic E-state index is -0.560. The van der Waals surface area contributed by atoms with Crippen LogP contribution < -0.4 is 14.8 Å². The number of carbonyl (C=O) groups excluding carboxylic acids is 2. The largest absolute Gasteiger partial charge is 0.493 e. The van der Waals surface area contributed by atoms with Crippen LogP contribution in [-0.2, 0) is 9.53 Å². The van der Waals surface area contributed by atoms with E-state index >= 15 is 0 Å². The van der Waals surface area contributed by atoms with Crippen molar-refractivity contribution in [3.63, 3.8) is 0 Å². The number of amides is 1. The molecule has 0 saturated carbocycles. The van der Waals surface area contributed by atoms with Gasteiger partial charge in [0, 0.05) is 17.0 Å². The van der Waals surface area contributed by atoms with Gasteiger partial charge in [0.2, 0.25) is 5.91 Å². The first-order chi connectivity index (χ1) is 13.6.